The summed E-state index contributed by atoms with van der Waals surface area (Å²) >= 11 is 0. The van der Waals surface area contributed by atoms with E-state index in [9.17, 15) is 9.18 Å². The van der Waals surface area contributed by atoms with Crippen LogP contribution in [0.4, 0.5) is 10.1 Å². The Balaban J connectivity index is 0.00000272. The van der Waals surface area contributed by atoms with E-state index >= 15 is 0 Å². The molecule has 0 aliphatic carbocycles. The maximum absolute atomic E-state index is 13.4. The SMILES string of the molecule is CCNC(=NCC1CC(=O)Nc2ccccc21)NCCc1c[nH]c2cc(F)ccc12.I. The number of carbonyl (C=O) groups is 1. The van der Waals surface area contributed by atoms with E-state index in [1.807, 2.05) is 31.3 Å². The molecule has 0 fully saturated rings. The summed E-state index contributed by atoms with van der Waals surface area (Å²) < 4.78 is 13.4. The van der Waals surface area contributed by atoms with Crippen molar-refractivity contribution in [2.75, 3.05) is 25.0 Å². The number of hydrogen-bond acceptors (Lipinski definition) is 2. The van der Waals surface area contributed by atoms with Gasteiger partial charge in [-0.05, 0) is 48.7 Å². The molecule has 4 N–H and O–H groups in total. The highest BCUT2D eigenvalue weighted by molar-refractivity contribution is 14.0. The Labute approximate surface area is 198 Å². The summed E-state index contributed by atoms with van der Waals surface area (Å²) in [5, 5.41) is 10.6. The maximum atomic E-state index is 13.4. The largest absolute Gasteiger partial charge is 0.361 e. The minimum Gasteiger partial charge on any atom is -0.361 e. The van der Waals surface area contributed by atoms with Gasteiger partial charge in [0, 0.05) is 48.2 Å². The Hall–Kier alpha value is -2.62. The van der Waals surface area contributed by atoms with Gasteiger partial charge in [-0.1, -0.05) is 18.2 Å². The highest BCUT2D eigenvalue weighted by Crippen LogP contribution is 2.32. The molecule has 2 aromatic carbocycles. The van der Waals surface area contributed by atoms with Gasteiger partial charge in [-0.15, -0.1) is 24.0 Å². The van der Waals surface area contributed by atoms with Crippen molar-refractivity contribution in [3.05, 3.63) is 65.6 Å². The van der Waals surface area contributed by atoms with E-state index in [0.717, 1.165) is 46.6 Å². The molecule has 1 aliphatic heterocycles. The molecule has 0 radical (unpaired) electrons. The first-order chi connectivity index (χ1) is 14.6. The minimum absolute atomic E-state index is 0. The summed E-state index contributed by atoms with van der Waals surface area (Å²) in [7, 11) is 0. The lowest BCUT2D eigenvalue weighted by molar-refractivity contribution is -0.116. The van der Waals surface area contributed by atoms with Crippen LogP contribution in [0, 0.1) is 5.82 Å². The van der Waals surface area contributed by atoms with Crippen LogP contribution in [0.1, 0.15) is 30.4 Å². The Morgan fingerprint density at radius 3 is 2.90 bits per heavy atom. The second kappa shape index (κ2) is 10.6. The third kappa shape index (κ3) is 5.55. The van der Waals surface area contributed by atoms with Gasteiger partial charge in [-0.3, -0.25) is 9.79 Å². The predicted molar refractivity (Wildman–Crippen MR) is 134 cm³/mol. The van der Waals surface area contributed by atoms with Gasteiger partial charge in [-0.25, -0.2) is 4.39 Å². The predicted octanol–water partition coefficient (Wildman–Crippen LogP) is 4.15. The number of guanidine groups is 1. The number of amides is 1. The molecule has 0 spiro atoms. The fourth-order valence-corrected chi connectivity index (χ4v) is 3.89. The fourth-order valence-electron chi connectivity index (χ4n) is 3.89. The molecule has 3 aromatic rings. The van der Waals surface area contributed by atoms with Gasteiger partial charge < -0.3 is 20.9 Å². The van der Waals surface area contributed by atoms with Gasteiger partial charge in [0.15, 0.2) is 5.96 Å². The van der Waals surface area contributed by atoms with Crippen LogP contribution in [0.25, 0.3) is 10.9 Å². The molecule has 4 rings (SSSR count). The van der Waals surface area contributed by atoms with E-state index in [1.54, 1.807) is 6.07 Å². The number of fused-ring (bicyclic) bond motifs is 2. The summed E-state index contributed by atoms with van der Waals surface area (Å²) in [5.74, 6) is 0.581. The summed E-state index contributed by atoms with van der Waals surface area (Å²) in [6.45, 7) is 4.00. The molecule has 6 nitrogen and oxygen atoms in total. The molecule has 2 heterocycles. The van der Waals surface area contributed by atoms with E-state index in [-0.39, 0.29) is 41.6 Å². The lowest BCUT2D eigenvalue weighted by Gasteiger charge is -2.24. The van der Waals surface area contributed by atoms with E-state index in [0.29, 0.717) is 19.5 Å². The number of anilines is 1. The molecule has 8 heteroatoms. The first-order valence-corrected chi connectivity index (χ1v) is 10.3. The molecule has 0 saturated carbocycles. The molecule has 0 saturated heterocycles. The topological polar surface area (TPSA) is 81.3 Å². The highest BCUT2D eigenvalue weighted by Gasteiger charge is 2.24. The van der Waals surface area contributed by atoms with Gasteiger partial charge in [-0.2, -0.15) is 0 Å². The van der Waals surface area contributed by atoms with Crippen LogP contribution in [0.2, 0.25) is 0 Å². The number of nitrogens with one attached hydrogen (secondary N) is 4. The summed E-state index contributed by atoms with van der Waals surface area (Å²) in [4.78, 5) is 19.9. The first kappa shape index (κ1) is 23.1. The summed E-state index contributed by atoms with van der Waals surface area (Å²) in [5.41, 5.74) is 3.94. The number of hydrogen-bond donors (Lipinski definition) is 4. The van der Waals surface area contributed by atoms with Gasteiger partial charge in [0.2, 0.25) is 5.91 Å². The van der Waals surface area contributed by atoms with Crippen molar-refractivity contribution in [1.82, 2.24) is 15.6 Å². The molecule has 0 bridgehead atoms. The van der Waals surface area contributed by atoms with E-state index in [2.05, 4.69) is 27.0 Å². The zero-order chi connectivity index (χ0) is 20.9. The lowest BCUT2D eigenvalue weighted by atomic mass is 9.91. The van der Waals surface area contributed by atoms with Gasteiger partial charge in [0.25, 0.3) is 0 Å². The standard InChI is InChI=1S/C23H26FN5O.HI/c1-2-25-23(26-10-9-15-13-27-21-12-17(24)7-8-19(15)21)28-14-16-11-22(30)29-20-6-4-3-5-18(16)20;/h3-8,12-13,16,27H,2,9-11,14H2,1H3,(H,29,30)(H2,25,26,28);1H. The first-order valence-electron chi connectivity index (χ1n) is 10.3. The number of nitrogens with zero attached hydrogens (tertiary/aromatic N) is 1. The lowest BCUT2D eigenvalue weighted by Crippen LogP contribution is -2.38. The number of benzene rings is 2. The van der Waals surface area contributed by atoms with Crippen LogP contribution in [0.3, 0.4) is 0 Å². The average Bonchev–Trinajstić information content (AvgIpc) is 3.13. The Morgan fingerprint density at radius 2 is 2.06 bits per heavy atom. The molecule has 31 heavy (non-hydrogen) atoms. The van der Waals surface area contributed by atoms with Crippen LogP contribution in [-0.2, 0) is 11.2 Å². The Bertz CT molecular complexity index is 1080. The maximum Gasteiger partial charge on any atom is 0.225 e. The van der Waals surface area contributed by atoms with Crippen molar-refractivity contribution < 1.29 is 9.18 Å². The van der Waals surface area contributed by atoms with Crippen molar-refractivity contribution >= 4 is 52.4 Å². The Kier molecular flexibility index (Phi) is 7.89. The summed E-state index contributed by atoms with van der Waals surface area (Å²) in [6, 6.07) is 12.7. The summed E-state index contributed by atoms with van der Waals surface area (Å²) in [6.07, 6.45) is 3.14. The minimum atomic E-state index is -0.242. The molecular weight excluding hydrogens is 508 g/mol. The van der Waals surface area contributed by atoms with Crippen LogP contribution >= 0.6 is 24.0 Å². The van der Waals surface area contributed by atoms with Crippen molar-refractivity contribution in [2.24, 2.45) is 4.99 Å². The van der Waals surface area contributed by atoms with Crippen molar-refractivity contribution in [2.45, 2.75) is 25.7 Å². The number of para-hydroxylation sites is 1. The van der Waals surface area contributed by atoms with E-state index in [4.69, 9.17) is 4.99 Å². The number of aliphatic imine (C=N–C) groups is 1. The highest BCUT2D eigenvalue weighted by atomic mass is 127. The van der Waals surface area contributed by atoms with E-state index < -0.39 is 0 Å². The fraction of sp³-hybridized carbons (Fsp3) is 0.304. The van der Waals surface area contributed by atoms with Crippen molar-refractivity contribution in [1.29, 1.82) is 0 Å². The molecule has 1 unspecified atom stereocenters. The number of rotatable bonds is 6. The smallest absolute Gasteiger partial charge is 0.225 e. The van der Waals surface area contributed by atoms with Crippen LogP contribution in [0.15, 0.2) is 53.7 Å². The third-order valence-corrected chi connectivity index (χ3v) is 5.34. The zero-order valence-electron chi connectivity index (χ0n) is 17.4. The van der Waals surface area contributed by atoms with Gasteiger partial charge >= 0.3 is 0 Å². The van der Waals surface area contributed by atoms with Crippen LogP contribution < -0.4 is 16.0 Å². The van der Waals surface area contributed by atoms with Crippen molar-refractivity contribution in [3.63, 3.8) is 0 Å². The number of carbonyl (C=O) groups excluding carboxylic acids is 1. The van der Waals surface area contributed by atoms with E-state index in [1.165, 1.54) is 12.1 Å². The zero-order valence-corrected chi connectivity index (χ0v) is 19.7. The molecule has 1 amide bonds. The molecule has 1 aliphatic rings. The number of aromatic amines is 1. The monoisotopic (exact) mass is 535 g/mol. The molecule has 164 valence electrons. The van der Waals surface area contributed by atoms with Gasteiger partial charge in [0.05, 0.1) is 6.54 Å². The molecule has 1 aromatic heterocycles. The van der Waals surface area contributed by atoms with Crippen LogP contribution in [-0.4, -0.2) is 36.5 Å². The number of H-pyrrole nitrogens is 1. The average molecular weight is 535 g/mol. The Morgan fingerprint density at radius 1 is 1.23 bits per heavy atom. The third-order valence-electron chi connectivity index (χ3n) is 5.34. The number of aromatic nitrogens is 1. The second-order valence-electron chi connectivity index (χ2n) is 7.44. The molecule has 1 atom stereocenters. The van der Waals surface area contributed by atoms with Crippen LogP contribution in [0.5, 0.6) is 0 Å². The number of halogens is 2. The second-order valence-corrected chi connectivity index (χ2v) is 7.44. The normalized spacial score (nSPS) is 15.7. The van der Waals surface area contributed by atoms with Gasteiger partial charge in [0.1, 0.15) is 5.82 Å². The molecular formula is C23H27FIN5O. The quantitative estimate of drug-likeness (QED) is 0.218. The van der Waals surface area contributed by atoms with Crippen molar-refractivity contribution in [3.8, 4) is 0 Å².